The van der Waals surface area contributed by atoms with Gasteiger partial charge in [-0.05, 0) is 50.9 Å². The van der Waals surface area contributed by atoms with E-state index in [2.05, 4.69) is 5.32 Å². The molecule has 5 nitrogen and oxygen atoms in total. The molecule has 0 aromatic heterocycles. The molecule has 0 aromatic carbocycles. The summed E-state index contributed by atoms with van der Waals surface area (Å²) in [6, 6.07) is -0.231. The SMILES string of the molecule is O=C(NCCC1CC2CCC1O2)N1CCC(C(F)(F)F)C2(CCOCC2)C1. The molecule has 4 saturated heterocycles. The van der Waals surface area contributed by atoms with Crippen molar-refractivity contribution < 1.29 is 27.4 Å². The number of fused-ring (bicyclic) bond motifs is 2. The Labute approximate surface area is 157 Å². The quantitative estimate of drug-likeness (QED) is 0.804. The van der Waals surface area contributed by atoms with Crippen molar-refractivity contribution in [2.24, 2.45) is 17.3 Å². The number of carbonyl (C=O) groups excluding carboxylic acids is 1. The van der Waals surface area contributed by atoms with Crippen molar-refractivity contribution in [1.82, 2.24) is 10.2 Å². The molecule has 27 heavy (non-hydrogen) atoms. The molecule has 2 amide bonds. The van der Waals surface area contributed by atoms with Crippen LogP contribution < -0.4 is 5.32 Å². The van der Waals surface area contributed by atoms with E-state index >= 15 is 0 Å². The zero-order valence-corrected chi connectivity index (χ0v) is 15.6. The fourth-order valence-electron chi connectivity index (χ4n) is 5.65. The van der Waals surface area contributed by atoms with E-state index in [4.69, 9.17) is 9.47 Å². The molecule has 154 valence electrons. The monoisotopic (exact) mass is 390 g/mol. The third kappa shape index (κ3) is 3.92. The Morgan fingerprint density at radius 1 is 1.19 bits per heavy atom. The van der Waals surface area contributed by atoms with Crippen molar-refractivity contribution in [3.05, 3.63) is 0 Å². The predicted octanol–water partition coefficient (Wildman–Crippen LogP) is 3.33. The standard InChI is InChI=1S/C19H29F3N2O3/c20-19(21,22)16-4-8-24(12-18(16)5-9-26-10-6-18)17(25)23-7-3-13-11-14-1-2-15(13)27-14/h13-16H,1-12H2,(H,23,25). The zero-order valence-electron chi connectivity index (χ0n) is 15.6. The van der Waals surface area contributed by atoms with Crippen molar-refractivity contribution in [2.45, 2.75) is 63.3 Å². The molecule has 4 aliphatic rings. The molecule has 4 atom stereocenters. The summed E-state index contributed by atoms with van der Waals surface area (Å²) in [6.07, 6.45) is 1.43. The molecule has 1 N–H and O–H groups in total. The van der Waals surface area contributed by atoms with E-state index in [1.807, 2.05) is 0 Å². The molecule has 0 aromatic rings. The van der Waals surface area contributed by atoms with Crippen LogP contribution in [-0.2, 0) is 9.47 Å². The van der Waals surface area contributed by atoms with Gasteiger partial charge >= 0.3 is 12.2 Å². The first-order valence-corrected chi connectivity index (χ1v) is 10.2. The van der Waals surface area contributed by atoms with E-state index < -0.39 is 17.5 Å². The molecule has 4 unspecified atom stereocenters. The third-order valence-corrected chi connectivity index (χ3v) is 7.13. The number of hydrogen-bond donors (Lipinski definition) is 1. The van der Waals surface area contributed by atoms with Gasteiger partial charge in [0.2, 0.25) is 0 Å². The number of amides is 2. The summed E-state index contributed by atoms with van der Waals surface area (Å²) in [7, 11) is 0. The fourth-order valence-corrected chi connectivity index (χ4v) is 5.65. The van der Waals surface area contributed by atoms with Gasteiger partial charge in [0.1, 0.15) is 0 Å². The van der Waals surface area contributed by atoms with Gasteiger partial charge in [-0.25, -0.2) is 4.79 Å². The number of alkyl halides is 3. The van der Waals surface area contributed by atoms with E-state index in [1.54, 1.807) is 4.90 Å². The van der Waals surface area contributed by atoms with E-state index in [0.717, 1.165) is 25.7 Å². The van der Waals surface area contributed by atoms with Crippen LogP contribution in [0.4, 0.5) is 18.0 Å². The molecule has 2 bridgehead atoms. The minimum absolute atomic E-state index is 0.0167. The number of urea groups is 1. The first-order chi connectivity index (χ1) is 12.9. The number of rotatable bonds is 3. The summed E-state index contributed by atoms with van der Waals surface area (Å²) < 4.78 is 51.9. The van der Waals surface area contributed by atoms with Crippen molar-refractivity contribution in [1.29, 1.82) is 0 Å². The molecule has 4 rings (SSSR count). The average Bonchev–Trinajstić information content (AvgIpc) is 3.24. The number of likely N-dealkylation sites (tertiary alicyclic amines) is 1. The lowest BCUT2D eigenvalue weighted by Gasteiger charge is -2.50. The van der Waals surface area contributed by atoms with Crippen LogP contribution in [0.1, 0.15) is 44.9 Å². The second-order valence-corrected chi connectivity index (χ2v) is 8.67. The molecule has 0 aliphatic carbocycles. The number of nitrogens with zero attached hydrogens (tertiary/aromatic N) is 1. The van der Waals surface area contributed by atoms with Crippen LogP contribution >= 0.6 is 0 Å². The second kappa shape index (κ2) is 7.43. The van der Waals surface area contributed by atoms with E-state index in [1.165, 1.54) is 0 Å². The Balaban J connectivity index is 1.31. The zero-order chi connectivity index (χ0) is 19.1. The summed E-state index contributed by atoms with van der Waals surface area (Å²) in [5, 5.41) is 2.93. The van der Waals surface area contributed by atoms with Crippen molar-refractivity contribution in [2.75, 3.05) is 32.8 Å². The number of nitrogens with one attached hydrogen (secondary N) is 1. The van der Waals surface area contributed by atoms with Crippen LogP contribution in [0.3, 0.4) is 0 Å². The molecule has 8 heteroatoms. The lowest BCUT2D eigenvalue weighted by molar-refractivity contribution is -0.232. The maximum Gasteiger partial charge on any atom is 0.392 e. The highest BCUT2D eigenvalue weighted by Crippen LogP contribution is 2.50. The lowest BCUT2D eigenvalue weighted by atomic mass is 9.66. The Hall–Kier alpha value is -1.02. The number of hydrogen-bond acceptors (Lipinski definition) is 3. The molecule has 4 aliphatic heterocycles. The topological polar surface area (TPSA) is 50.8 Å². The predicted molar refractivity (Wildman–Crippen MR) is 92.2 cm³/mol. The van der Waals surface area contributed by atoms with Gasteiger partial charge in [0.25, 0.3) is 0 Å². The number of ether oxygens (including phenoxy) is 2. The van der Waals surface area contributed by atoms with Gasteiger partial charge in [0.05, 0.1) is 18.1 Å². The maximum absolute atomic E-state index is 13.6. The number of piperidine rings is 1. The summed E-state index contributed by atoms with van der Waals surface area (Å²) in [5.74, 6) is -0.842. The summed E-state index contributed by atoms with van der Waals surface area (Å²) in [4.78, 5) is 14.2. The largest absolute Gasteiger partial charge is 0.392 e. The van der Waals surface area contributed by atoms with Gasteiger partial charge in [0.15, 0.2) is 0 Å². The molecule has 0 saturated carbocycles. The first kappa shape index (κ1) is 19.3. The lowest BCUT2D eigenvalue weighted by Crippen LogP contribution is -2.58. The van der Waals surface area contributed by atoms with Crippen LogP contribution in [0.15, 0.2) is 0 Å². The first-order valence-electron chi connectivity index (χ1n) is 10.2. The smallest absolute Gasteiger partial charge is 0.381 e. The fraction of sp³-hybridized carbons (Fsp3) is 0.947. The number of halogens is 3. The van der Waals surface area contributed by atoms with Crippen LogP contribution in [0.5, 0.6) is 0 Å². The second-order valence-electron chi connectivity index (χ2n) is 8.67. The Morgan fingerprint density at radius 2 is 1.96 bits per heavy atom. The van der Waals surface area contributed by atoms with Gasteiger partial charge in [-0.1, -0.05) is 0 Å². The molecule has 0 radical (unpaired) electrons. The van der Waals surface area contributed by atoms with E-state index in [9.17, 15) is 18.0 Å². The van der Waals surface area contributed by atoms with Gasteiger partial charge in [0, 0.05) is 38.3 Å². The van der Waals surface area contributed by atoms with Crippen molar-refractivity contribution in [3.63, 3.8) is 0 Å². The van der Waals surface area contributed by atoms with E-state index in [-0.39, 0.29) is 25.5 Å². The van der Waals surface area contributed by atoms with Crippen LogP contribution in [0, 0.1) is 17.3 Å². The van der Waals surface area contributed by atoms with Gasteiger partial charge < -0.3 is 19.7 Å². The maximum atomic E-state index is 13.6. The molecule has 1 spiro atoms. The van der Waals surface area contributed by atoms with Crippen LogP contribution in [0.25, 0.3) is 0 Å². The van der Waals surface area contributed by atoms with E-state index in [0.29, 0.717) is 50.7 Å². The van der Waals surface area contributed by atoms with Crippen LogP contribution in [-0.4, -0.2) is 62.2 Å². The Morgan fingerprint density at radius 3 is 2.59 bits per heavy atom. The van der Waals surface area contributed by atoms with Gasteiger partial charge in [-0.15, -0.1) is 0 Å². The average molecular weight is 390 g/mol. The summed E-state index contributed by atoms with van der Waals surface area (Å²) in [5.41, 5.74) is -0.898. The molecule has 4 fully saturated rings. The van der Waals surface area contributed by atoms with Crippen molar-refractivity contribution in [3.8, 4) is 0 Å². The normalized spacial score (nSPS) is 35.6. The van der Waals surface area contributed by atoms with Gasteiger partial charge in [-0.2, -0.15) is 13.2 Å². The Kier molecular flexibility index (Phi) is 5.31. The molecular formula is C19H29F3N2O3. The highest BCUT2D eigenvalue weighted by molar-refractivity contribution is 5.74. The Bertz CT molecular complexity index is 551. The highest BCUT2D eigenvalue weighted by atomic mass is 19.4. The molecule has 4 heterocycles. The highest BCUT2D eigenvalue weighted by Gasteiger charge is 2.56. The summed E-state index contributed by atoms with van der Waals surface area (Å²) in [6.45, 7) is 1.57. The van der Waals surface area contributed by atoms with Crippen LogP contribution in [0.2, 0.25) is 0 Å². The minimum Gasteiger partial charge on any atom is -0.381 e. The third-order valence-electron chi connectivity index (χ3n) is 7.13. The minimum atomic E-state index is -4.22. The number of carbonyl (C=O) groups is 1. The van der Waals surface area contributed by atoms with Crippen molar-refractivity contribution >= 4 is 6.03 Å². The van der Waals surface area contributed by atoms with Gasteiger partial charge in [-0.3, -0.25) is 0 Å². The summed E-state index contributed by atoms with van der Waals surface area (Å²) >= 11 is 0. The molecular weight excluding hydrogens is 361 g/mol.